The molecule has 0 saturated carbocycles. The number of carbonyl (C=O) groups is 1. The van der Waals surface area contributed by atoms with E-state index >= 15 is 0 Å². The lowest BCUT2D eigenvalue weighted by Gasteiger charge is -2.19. The molecule has 18 heavy (non-hydrogen) atoms. The van der Waals surface area contributed by atoms with Crippen molar-refractivity contribution in [3.05, 3.63) is 16.7 Å². The van der Waals surface area contributed by atoms with Crippen molar-refractivity contribution < 1.29 is 9.90 Å². The topological polar surface area (TPSA) is 61.4 Å². The number of halogens is 1. The zero-order valence-electron chi connectivity index (χ0n) is 10.7. The van der Waals surface area contributed by atoms with E-state index < -0.39 is 5.41 Å². The third-order valence-corrected chi connectivity index (χ3v) is 3.55. The molecule has 1 aliphatic rings. The lowest BCUT2D eigenvalue weighted by atomic mass is 9.85. The number of hydrogen-bond acceptors (Lipinski definition) is 3. The fourth-order valence-corrected chi connectivity index (χ4v) is 2.40. The average molecular weight is 269 g/mol. The van der Waals surface area contributed by atoms with Crippen molar-refractivity contribution in [3.8, 4) is 5.75 Å². The van der Waals surface area contributed by atoms with E-state index in [1.54, 1.807) is 19.9 Å². The van der Waals surface area contributed by atoms with Crippen LogP contribution in [0.15, 0.2) is 6.07 Å². The highest BCUT2D eigenvalue weighted by atomic mass is 35.5. The van der Waals surface area contributed by atoms with Crippen LogP contribution >= 0.6 is 11.6 Å². The highest BCUT2D eigenvalue weighted by molar-refractivity contribution is 6.35. The van der Waals surface area contributed by atoms with E-state index in [2.05, 4.69) is 10.6 Å². The second-order valence-electron chi connectivity index (χ2n) is 5.01. The summed E-state index contributed by atoms with van der Waals surface area (Å²) in [5, 5.41) is 16.6. The molecule has 0 spiro atoms. The second-order valence-corrected chi connectivity index (χ2v) is 5.42. The van der Waals surface area contributed by atoms with Gasteiger partial charge in [0.05, 0.1) is 21.8 Å². The predicted octanol–water partition coefficient (Wildman–Crippen LogP) is 3.10. The minimum absolute atomic E-state index is 0.103. The number of fused-ring (bicyclic) bond motifs is 1. The Bertz CT molecular complexity index is 512. The highest BCUT2D eigenvalue weighted by Crippen LogP contribution is 2.49. The van der Waals surface area contributed by atoms with Gasteiger partial charge in [0.1, 0.15) is 5.75 Å². The van der Waals surface area contributed by atoms with E-state index in [4.69, 9.17) is 11.6 Å². The maximum atomic E-state index is 11.9. The van der Waals surface area contributed by atoms with Crippen LogP contribution in [-0.4, -0.2) is 17.6 Å². The van der Waals surface area contributed by atoms with Crippen molar-refractivity contribution in [2.75, 3.05) is 17.2 Å². The zero-order chi connectivity index (χ0) is 13.5. The minimum Gasteiger partial charge on any atom is -0.505 e. The second kappa shape index (κ2) is 4.35. The Hall–Kier alpha value is -1.42. The van der Waals surface area contributed by atoms with E-state index in [1.165, 1.54) is 0 Å². The molecule has 1 heterocycles. The summed E-state index contributed by atoms with van der Waals surface area (Å²) >= 11 is 6.15. The molecule has 5 heteroatoms. The van der Waals surface area contributed by atoms with Crippen molar-refractivity contribution in [1.29, 1.82) is 0 Å². The first-order chi connectivity index (χ1) is 8.39. The zero-order valence-corrected chi connectivity index (χ0v) is 11.5. The van der Waals surface area contributed by atoms with Crippen LogP contribution in [0.4, 0.5) is 11.4 Å². The number of benzene rings is 1. The molecule has 3 N–H and O–H groups in total. The normalized spacial score (nSPS) is 16.3. The Labute approximate surface area is 111 Å². The molecule has 0 unspecified atom stereocenters. The fraction of sp³-hybridized carbons (Fsp3) is 0.462. The summed E-state index contributed by atoms with van der Waals surface area (Å²) in [7, 11) is 0. The van der Waals surface area contributed by atoms with E-state index in [-0.39, 0.29) is 11.7 Å². The van der Waals surface area contributed by atoms with Crippen molar-refractivity contribution in [3.63, 3.8) is 0 Å². The van der Waals surface area contributed by atoms with Gasteiger partial charge in [-0.15, -0.1) is 0 Å². The molecular weight excluding hydrogens is 252 g/mol. The standard InChI is InChI=1S/C13H17ClN2O2/c1-4-5-15-8-6-7(14)10-9(11(8)17)13(2,3)12(18)16-10/h6,15,17H,4-5H2,1-3H3,(H,16,18). The Morgan fingerprint density at radius 3 is 2.78 bits per heavy atom. The predicted molar refractivity (Wildman–Crippen MR) is 73.6 cm³/mol. The first-order valence-electron chi connectivity index (χ1n) is 6.00. The average Bonchev–Trinajstić information content (AvgIpc) is 2.54. The summed E-state index contributed by atoms with van der Waals surface area (Å²) in [4.78, 5) is 11.9. The van der Waals surface area contributed by atoms with Crippen LogP contribution in [0.1, 0.15) is 32.8 Å². The van der Waals surface area contributed by atoms with Crippen molar-refractivity contribution >= 4 is 28.9 Å². The molecule has 2 rings (SSSR count). The molecule has 0 aromatic heterocycles. The summed E-state index contributed by atoms with van der Waals surface area (Å²) in [6, 6.07) is 1.65. The molecule has 0 saturated heterocycles. The fourth-order valence-electron chi connectivity index (χ4n) is 2.15. The molecule has 1 aliphatic heterocycles. The number of amides is 1. The SMILES string of the molecule is CCCNc1cc(Cl)c2c(c1O)C(C)(C)C(=O)N2. The van der Waals surface area contributed by atoms with Crippen LogP contribution in [0.25, 0.3) is 0 Å². The van der Waals surface area contributed by atoms with Gasteiger partial charge in [0, 0.05) is 12.1 Å². The Kier molecular flexibility index (Phi) is 3.15. The lowest BCUT2D eigenvalue weighted by molar-refractivity contribution is -0.119. The van der Waals surface area contributed by atoms with Crippen LogP contribution in [0.2, 0.25) is 5.02 Å². The van der Waals surface area contributed by atoms with Gasteiger partial charge in [-0.25, -0.2) is 0 Å². The number of aromatic hydroxyl groups is 1. The van der Waals surface area contributed by atoms with Gasteiger partial charge in [-0.3, -0.25) is 4.79 Å². The number of hydrogen-bond donors (Lipinski definition) is 3. The van der Waals surface area contributed by atoms with E-state index in [1.807, 2.05) is 6.92 Å². The molecular formula is C13H17ClN2O2. The molecule has 1 amide bonds. The monoisotopic (exact) mass is 268 g/mol. The molecule has 1 aromatic carbocycles. The highest BCUT2D eigenvalue weighted by Gasteiger charge is 2.42. The van der Waals surface area contributed by atoms with Crippen LogP contribution in [0, 0.1) is 0 Å². The number of phenols is 1. The third kappa shape index (κ3) is 1.81. The molecule has 0 bridgehead atoms. The summed E-state index contributed by atoms with van der Waals surface area (Å²) in [6.07, 6.45) is 0.939. The maximum absolute atomic E-state index is 11.9. The first-order valence-corrected chi connectivity index (χ1v) is 6.38. The largest absolute Gasteiger partial charge is 0.505 e. The van der Waals surface area contributed by atoms with Crippen molar-refractivity contribution in [2.24, 2.45) is 0 Å². The van der Waals surface area contributed by atoms with Gasteiger partial charge in [0.15, 0.2) is 0 Å². The summed E-state index contributed by atoms with van der Waals surface area (Å²) in [5.74, 6) is -0.0476. The van der Waals surface area contributed by atoms with Crippen LogP contribution in [0.5, 0.6) is 5.75 Å². The molecule has 98 valence electrons. The maximum Gasteiger partial charge on any atom is 0.234 e. The van der Waals surface area contributed by atoms with E-state index in [0.29, 0.717) is 22.0 Å². The van der Waals surface area contributed by atoms with Crippen LogP contribution in [0.3, 0.4) is 0 Å². The minimum atomic E-state index is -0.771. The summed E-state index contributed by atoms with van der Waals surface area (Å²) < 4.78 is 0. The number of anilines is 2. The molecule has 0 atom stereocenters. The number of rotatable bonds is 3. The molecule has 0 radical (unpaired) electrons. The Morgan fingerprint density at radius 2 is 2.17 bits per heavy atom. The number of carbonyl (C=O) groups excluding carboxylic acids is 1. The first kappa shape index (κ1) is 13.0. The van der Waals surface area contributed by atoms with Crippen LogP contribution in [-0.2, 0) is 10.2 Å². The third-order valence-electron chi connectivity index (χ3n) is 3.25. The lowest BCUT2D eigenvalue weighted by Crippen LogP contribution is -2.27. The van der Waals surface area contributed by atoms with Crippen molar-refractivity contribution in [2.45, 2.75) is 32.6 Å². The number of nitrogens with one attached hydrogen (secondary N) is 2. The van der Waals surface area contributed by atoms with Gasteiger partial charge in [0.25, 0.3) is 0 Å². The van der Waals surface area contributed by atoms with Crippen LogP contribution < -0.4 is 10.6 Å². The van der Waals surface area contributed by atoms with Gasteiger partial charge in [-0.05, 0) is 26.3 Å². The Balaban J connectivity index is 2.57. The van der Waals surface area contributed by atoms with E-state index in [0.717, 1.165) is 13.0 Å². The molecule has 4 nitrogen and oxygen atoms in total. The molecule has 1 aromatic rings. The molecule has 0 fully saturated rings. The van der Waals surface area contributed by atoms with Crippen molar-refractivity contribution in [1.82, 2.24) is 0 Å². The van der Waals surface area contributed by atoms with Gasteiger partial charge < -0.3 is 15.7 Å². The van der Waals surface area contributed by atoms with Gasteiger partial charge in [-0.1, -0.05) is 18.5 Å². The van der Waals surface area contributed by atoms with E-state index in [9.17, 15) is 9.90 Å². The van der Waals surface area contributed by atoms with Gasteiger partial charge in [0.2, 0.25) is 5.91 Å². The Morgan fingerprint density at radius 1 is 1.50 bits per heavy atom. The number of phenolic OH excluding ortho intramolecular Hbond substituents is 1. The summed E-state index contributed by atoms with van der Waals surface area (Å²) in [5.41, 5.74) is 0.891. The smallest absolute Gasteiger partial charge is 0.234 e. The quantitative estimate of drug-likeness (QED) is 0.738. The van der Waals surface area contributed by atoms with Gasteiger partial charge >= 0.3 is 0 Å². The summed E-state index contributed by atoms with van der Waals surface area (Å²) in [6.45, 7) is 6.32. The van der Waals surface area contributed by atoms with Gasteiger partial charge in [-0.2, -0.15) is 0 Å². The molecule has 0 aliphatic carbocycles.